The lowest BCUT2D eigenvalue weighted by Gasteiger charge is -2.31. The second-order valence-corrected chi connectivity index (χ2v) is 7.74. The zero-order chi connectivity index (χ0) is 17.8. The monoisotopic (exact) mass is 342 g/mol. The van der Waals surface area contributed by atoms with E-state index in [0.717, 1.165) is 25.5 Å². The zero-order valence-electron chi connectivity index (χ0n) is 15.4. The number of amides is 1. The van der Waals surface area contributed by atoms with Crippen LogP contribution in [0.15, 0.2) is 30.3 Å². The second-order valence-electron chi connectivity index (χ2n) is 7.74. The fraction of sp³-hybridized carbons (Fsp3) is 0.619. The van der Waals surface area contributed by atoms with E-state index in [4.69, 9.17) is 0 Å². The third-order valence-corrected chi connectivity index (χ3v) is 5.94. The summed E-state index contributed by atoms with van der Waals surface area (Å²) in [5, 5.41) is 3.25. The van der Waals surface area contributed by atoms with Crippen LogP contribution < -0.4 is 5.32 Å². The Morgan fingerprint density at radius 2 is 2.08 bits per heavy atom. The van der Waals surface area contributed by atoms with Crippen molar-refractivity contribution in [2.75, 3.05) is 0 Å². The molecule has 0 spiro atoms. The van der Waals surface area contributed by atoms with Crippen molar-refractivity contribution in [3.8, 4) is 0 Å². The second kappa shape index (κ2) is 8.13. The van der Waals surface area contributed by atoms with Crippen LogP contribution in [-0.2, 0) is 16.0 Å². The number of rotatable bonds is 7. The van der Waals surface area contributed by atoms with Gasteiger partial charge in [0.2, 0.25) is 5.91 Å². The van der Waals surface area contributed by atoms with Gasteiger partial charge in [-0.25, -0.2) is 0 Å². The molecule has 1 aliphatic carbocycles. The van der Waals surface area contributed by atoms with Crippen molar-refractivity contribution in [2.24, 2.45) is 5.92 Å². The molecule has 1 N–H and O–H groups in total. The van der Waals surface area contributed by atoms with E-state index in [9.17, 15) is 9.59 Å². The summed E-state index contributed by atoms with van der Waals surface area (Å²) >= 11 is 0. The van der Waals surface area contributed by atoms with Gasteiger partial charge in [-0.1, -0.05) is 36.8 Å². The summed E-state index contributed by atoms with van der Waals surface area (Å²) in [6.07, 6.45) is 7.26. The lowest BCUT2D eigenvalue weighted by molar-refractivity contribution is -0.136. The van der Waals surface area contributed by atoms with Gasteiger partial charge in [0.05, 0.1) is 12.1 Å². The van der Waals surface area contributed by atoms with E-state index in [1.54, 1.807) is 0 Å². The molecule has 1 aromatic carbocycles. The Kier molecular flexibility index (Phi) is 5.89. The van der Waals surface area contributed by atoms with Gasteiger partial charge in [0.25, 0.3) is 0 Å². The highest BCUT2D eigenvalue weighted by atomic mass is 16.2. The van der Waals surface area contributed by atoms with Crippen molar-refractivity contribution in [3.05, 3.63) is 35.9 Å². The number of nitrogens with one attached hydrogen (secondary N) is 1. The molecule has 2 fully saturated rings. The highest BCUT2D eigenvalue weighted by molar-refractivity contribution is 5.83. The molecule has 2 unspecified atom stereocenters. The first-order valence-electron chi connectivity index (χ1n) is 9.67. The molecule has 1 heterocycles. The van der Waals surface area contributed by atoms with Crippen molar-refractivity contribution in [3.63, 3.8) is 0 Å². The number of benzene rings is 1. The fourth-order valence-electron chi connectivity index (χ4n) is 4.69. The van der Waals surface area contributed by atoms with Crippen LogP contribution in [0.1, 0.15) is 51.5 Å². The Bertz CT molecular complexity index is 589. The molecule has 2 aliphatic rings. The van der Waals surface area contributed by atoms with Gasteiger partial charge in [0, 0.05) is 12.1 Å². The molecule has 1 saturated carbocycles. The number of fused-ring (bicyclic) bond motifs is 1. The van der Waals surface area contributed by atoms with E-state index >= 15 is 0 Å². The zero-order valence-corrected chi connectivity index (χ0v) is 15.4. The quantitative estimate of drug-likeness (QED) is 0.775. The first-order chi connectivity index (χ1) is 12.1. The molecular weight excluding hydrogens is 312 g/mol. The van der Waals surface area contributed by atoms with Crippen molar-refractivity contribution in [1.29, 1.82) is 0 Å². The summed E-state index contributed by atoms with van der Waals surface area (Å²) in [6, 6.07) is 10.3. The molecule has 0 bridgehead atoms. The van der Waals surface area contributed by atoms with Gasteiger partial charge < -0.3 is 9.69 Å². The number of likely N-dealkylation sites (tertiary alicyclic amines) is 1. The Morgan fingerprint density at radius 1 is 1.32 bits per heavy atom. The molecule has 25 heavy (non-hydrogen) atoms. The lowest BCUT2D eigenvalue weighted by atomic mass is 10.0. The molecule has 4 heteroatoms. The van der Waals surface area contributed by atoms with E-state index in [1.165, 1.54) is 18.4 Å². The predicted molar refractivity (Wildman–Crippen MR) is 99.3 cm³/mol. The van der Waals surface area contributed by atoms with Crippen LogP contribution in [0.2, 0.25) is 0 Å². The van der Waals surface area contributed by atoms with Crippen LogP contribution in [0.5, 0.6) is 0 Å². The molecule has 5 atom stereocenters. The molecular formula is C21H30N2O2. The average Bonchev–Trinajstić information content (AvgIpc) is 3.18. The summed E-state index contributed by atoms with van der Waals surface area (Å²) in [7, 11) is 0. The Morgan fingerprint density at radius 3 is 2.80 bits per heavy atom. The summed E-state index contributed by atoms with van der Waals surface area (Å²) in [5.41, 5.74) is 1.22. The summed E-state index contributed by atoms with van der Waals surface area (Å²) in [4.78, 5) is 26.5. The first kappa shape index (κ1) is 18.1. The molecule has 0 radical (unpaired) electrons. The Labute approximate surface area is 151 Å². The van der Waals surface area contributed by atoms with Crippen LogP contribution in [0.4, 0.5) is 0 Å². The van der Waals surface area contributed by atoms with Gasteiger partial charge in [-0.2, -0.15) is 0 Å². The SMILES string of the molecule is C[C@H](N[C@H](C=O)CCc1ccccc1)C(=O)N1C2CCCC2C[C@H]1C. The standard InChI is InChI=1S/C21H30N2O2/c1-15-13-18-9-6-10-20(18)23(15)21(25)16(2)22-19(14-24)12-11-17-7-4-3-5-8-17/h3-5,7-8,14-16,18-20,22H,6,9-13H2,1-2H3/t15-,16+,18?,19+,20?/m1/s1. The third-order valence-electron chi connectivity index (χ3n) is 5.94. The van der Waals surface area contributed by atoms with Crippen molar-refractivity contribution in [1.82, 2.24) is 10.2 Å². The summed E-state index contributed by atoms with van der Waals surface area (Å²) in [6.45, 7) is 4.06. The lowest BCUT2D eigenvalue weighted by Crippen LogP contribution is -2.52. The van der Waals surface area contributed by atoms with Gasteiger partial charge in [-0.3, -0.25) is 10.1 Å². The van der Waals surface area contributed by atoms with Crippen LogP contribution in [0.25, 0.3) is 0 Å². The molecule has 3 rings (SSSR count). The molecule has 1 aromatic rings. The number of carbonyl (C=O) groups is 2. The maximum atomic E-state index is 13.0. The number of carbonyl (C=O) groups excluding carboxylic acids is 2. The molecule has 136 valence electrons. The number of aldehydes is 1. The number of nitrogens with zero attached hydrogens (tertiary/aromatic N) is 1. The number of hydrogen-bond acceptors (Lipinski definition) is 3. The van der Waals surface area contributed by atoms with E-state index in [1.807, 2.05) is 25.1 Å². The smallest absolute Gasteiger partial charge is 0.239 e. The van der Waals surface area contributed by atoms with E-state index in [-0.39, 0.29) is 18.0 Å². The third kappa shape index (κ3) is 4.12. The van der Waals surface area contributed by atoms with Crippen molar-refractivity contribution >= 4 is 12.2 Å². The van der Waals surface area contributed by atoms with Crippen LogP contribution in [-0.4, -0.2) is 41.3 Å². The van der Waals surface area contributed by atoms with E-state index in [2.05, 4.69) is 29.3 Å². The van der Waals surface area contributed by atoms with E-state index in [0.29, 0.717) is 24.4 Å². The topological polar surface area (TPSA) is 49.4 Å². The molecule has 4 nitrogen and oxygen atoms in total. The Hall–Kier alpha value is -1.68. The average molecular weight is 342 g/mol. The Balaban J connectivity index is 1.55. The summed E-state index contributed by atoms with van der Waals surface area (Å²) < 4.78 is 0. The maximum Gasteiger partial charge on any atom is 0.239 e. The minimum absolute atomic E-state index is 0.161. The normalized spacial score (nSPS) is 27.8. The van der Waals surface area contributed by atoms with Gasteiger partial charge in [-0.15, -0.1) is 0 Å². The van der Waals surface area contributed by atoms with Gasteiger partial charge in [-0.05, 0) is 57.4 Å². The number of aryl methyl sites for hydroxylation is 1. The van der Waals surface area contributed by atoms with Gasteiger partial charge in [0.1, 0.15) is 6.29 Å². The number of hydrogen-bond donors (Lipinski definition) is 1. The minimum atomic E-state index is -0.312. The molecule has 0 aromatic heterocycles. The minimum Gasteiger partial charge on any atom is -0.335 e. The highest BCUT2D eigenvalue weighted by Crippen LogP contribution is 2.41. The van der Waals surface area contributed by atoms with Crippen molar-refractivity contribution in [2.45, 2.75) is 76.5 Å². The van der Waals surface area contributed by atoms with E-state index < -0.39 is 0 Å². The van der Waals surface area contributed by atoms with Crippen molar-refractivity contribution < 1.29 is 9.59 Å². The molecule has 1 saturated heterocycles. The van der Waals surface area contributed by atoms with Crippen LogP contribution >= 0.6 is 0 Å². The largest absolute Gasteiger partial charge is 0.335 e. The molecule has 1 amide bonds. The molecule has 1 aliphatic heterocycles. The fourth-order valence-corrected chi connectivity index (χ4v) is 4.69. The predicted octanol–water partition coefficient (Wildman–Crippen LogP) is 2.95. The van der Waals surface area contributed by atoms with Gasteiger partial charge >= 0.3 is 0 Å². The van der Waals surface area contributed by atoms with Crippen LogP contribution in [0, 0.1) is 5.92 Å². The van der Waals surface area contributed by atoms with Gasteiger partial charge in [0.15, 0.2) is 0 Å². The van der Waals surface area contributed by atoms with Crippen LogP contribution in [0.3, 0.4) is 0 Å². The highest BCUT2D eigenvalue weighted by Gasteiger charge is 2.44. The first-order valence-corrected chi connectivity index (χ1v) is 9.67. The maximum absolute atomic E-state index is 13.0. The summed E-state index contributed by atoms with van der Waals surface area (Å²) in [5.74, 6) is 0.847.